The van der Waals surface area contributed by atoms with Crippen LogP contribution in [0.15, 0.2) is 17.6 Å². The third-order valence-electron chi connectivity index (χ3n) is 5.41. The molecule has 0 bridgehead atoms. The Morgan fingerprint density at radius 2 is 1.96 bits per heavy atom. The number of ether oxygens (including phenoxy) is 1. The smallest absolute Gasteiger partial charge is 0.191 e. The molecule has 2 unspecified atom stereocenters. The minimum Gasteiger partial charge on any atom is -0.378 e. The van der Waals surface area contributed by atoms with Gasteiger partial charge >= 0.3 is 0 Å². The predicted molar refractivity (Wildman–Crippen MR) is 107 cm³/mol. The molecule has 7 nitrogen and oxygen atoms in total. The van der Waals surface area contributed by atoms with Crippen LogP contribution in [-0.4, -0.2) is 53.1 Å². The molecule has 1 saturated carbocycles. The van der Waals surface area contributed by atoms with E-state index in [0.717, 1.165) is 38.3 Å². The zero-order valence-electron chi connectivity index (χ0n) is 15.4. The molecule has 1 aliphatic carbocycles. The maximum Gasteiger partial charge on any atom is 0.191 e. The van der Waals surface area contributed by atoms with Crippen LogP contribution in [0.3, 0.4) is 0 Å². The van der Waals surface area contributed by atoms with E-state index >= 15 is 0 Å². The van der Waals surface area contributed by atoms with Crippen LogP contribution in [0.1, 0.15) is 40.0 Å². The van der Waals surface area contributed by atoms with Crippen LogP contribution in [0.25, 0.3) is 0 Å². The molecule has 138 valence electrons. The Kier molecular flexibility index (Phi) is 7.91. The summed E-state index contributed by atoms with van der Waals surface area (Å²) in [4.78, 5) is 4.32. The minimum absolute atomic E-state index is 0. The van der Waals surface area contributed by atoms with Gasteiger partial charge in [0.1, 0.15) is 12.7 Å². The van der Waals surface area contributed by atoms with E-state index in [4.69, 9.17) is 4.74 Å². The van der Waals surface area contributed by atoms with Crippen LogP contribution in [-0.2, 0) is 11.3 Å². The summed E-state index contributed by atoms with van der Waals surface area (Å²) in [7, 11) is 3.61. The molecular weight excluding hydrogens is 419 g/mol. The number of aliphatic imine (C=N–C) groups is 1. The van der Waals surface area contributed by atoms with Crippen molar-refractivity contribution in [1.29, 1.82) is 0 Å². The summed E-state index contributed by atoms with van der Waals surface area (Å²) in [5.74, 6) is 0.866. The summed E-state index contributed by atoms with van der Waals surface area (Å²) < 4.78 is 7.67. The van der Waals surface area contributed by atoms with Gasteiger partial charge in [0.05, 0.1) is 5.60 Å². The summed E-state index contributed by atoms with van der Waals surface area (Å²) in [5, 5.41) is 14.5. The summed E-state index contributed by atoms with van der Waals surface area (Å²) >= 11 is 0. The summed E-state index contributed by atoms with van der Waals surface area (Å²) in [6.45, 7) is 8.50. The van der Waals surface area contributed by atoms with Crippen molar-refractivity contribution in [3.8, 4) is 0 Å². The van der Waals surface area contributed by atoms with Crippen LogP contribution in [0.5, 0.6) is 0 Å². The van der Waals surface area contributed by atoms with E-state index in [-0.39, 0.29) is 35.0 Å². The Balaban J connectivity index is 0.00000288. The fourth-order valence-electron chi connectivity index (χ4n) is 3.05. The lowest BCUT2D eigenvalue weighted by Crippen LogP contribution is -2.69. The van der Waals surface area contributed by atoms with Crippen LogP contribution in [0.2, 0.25) is 0 Å². The van der Waals surface area contributed by atoms with Crippen molar-refractivity contribution in [3.63, 3.8) is 0 Å². The second-order valence-electron chi connectivity index (χ2n) is 6.96. The van der Waals surface area contributed by atoms with Gasteiger partial charge in [-0.15, -0.1) is 34.2 Å². The number of nitrogens with one attached hydrogen (secondary N) is 2. The molecule has 0 aliphatic heterocycles. The number of nitrogens with zero attached hydrogens (tertiary/aromatic N) is 4. The number of halogens is 1. The molecule has 1 fully saturated rings. The molecule has 0 amide bonds. The number of hydrogen-bond donors (Lipinski definition) is 2. The van der Waals surface area contributed by atoms with Crippen molar-refractivity contribution in [2.24, 2.45) is 10.4 Å². The minimum atomic E-state index is -0.0671. The van der Waals surface area contributed by atoms with Crippen LogP contribution < -0.4 is 10.6 Å². The van der Waals surface area contributed by atoms with Crippen LogP contribution in [0, 0.1) is 5.41 Å². The molecule has 1 aromatic rings. The molecule has 0 radical (unpaired) electrons. The molecule has 2 rings (SSSR count). The van der Waals surface area contributed by atoms with Gasteiger partial charge in [-0.3, -0.25) is 4.99 Å². The fraction of sp³-hybridized carbons (Fsp3) is 0.812. The highest BCUT2D eigenvalue weighted by molar-refractivity contribution is 14.0. The van der Waals surface area contributed by atoms with Crippen molar-refractivity contribution >= 4 is 29.9 Å². The predicted octanol–water partition coefficient (Wildman–Crippen LogP) is 2.04. The van der Waals surface area contributed by atoms with Crippen molar-refractivity contribution in [3.05, 3.63) is 12.7 Å². The van der Waals surface area contributed by atoms with E-state index < -0.39 is 0 Å². The number of guanidine groups is 1. The Hall–Kier alpha value is -0.900. The fourth-order valence-corrected chi connectivity index (χ4v) is 3.05. The second kappa shape index (κ2) is 8.98. The van der Waals surface area contributed by atoms with Gasteiger partial charge in [-0.25, -0.2) is 0 Å². The second-order valence-corrected chi connectivity index (χ2v) is 6.96. The first-order valence-corrected chi connectivity index (χ1v) is 8.27. The molecule has 8 heteroatoms. The Labute approximate surface area is 162 Å². The van der Waals surface area contributed by atoms with Gasteiger partial charge in [-0.1, -0.05) is 13.8 Å². The maximum absolute atomic E-state index is 5.67. The molecular formula is C16H31IN6O. The monoisotopic (exact) mass is 450 g/mol. The first kappa shape index (κ1) is 21.1. The van der Waals surface area contributed by atoms with Crippen molar-refractivity contribution in [2.75, 3.05) is 20.7 Å². The molecule has 2 N–H and O–H groups in total. The highest BCUT2D eigenvalue weighted by Crippen LogP contribution is 2.51. The number of hydrogen-bond acceptors (Lipinski definition) is 4. The summed E-state index contributed by atoms with van der Waals surface area (Å²) in [6.07, 6.45) is 6.64. The third kappa shape index (κ3) is 4.59. The van der Waals surface area contributed by atoms with Crippen LogP contribution >= 0.6 is 24.0 Å². The molecule has 0 spiro atoms. The lowest BCUT2D eigenvalue weighted by molar-refractivity contribution is -0.176. The SMILES string of the molecule is CN=C(NCCCCn1cnnc1)NC1CC(C)(OC)C1(C)C.I. The Bertz CT molecular complexity index is 519. The van der Waals surface area contributed by atoms with E-state index in [1.807, 2.05) is 11.6 Å². The first-order chi connectivity index (χ1) is 10.9. The average Bonchev–Trinajstić information content (AvgIpc) is 3.05. The normalized spacial score (nSPS) is 25.5. The van der Waals surface area contributed by atoms with E-state index in [1.165, 1.54) is 0 Å². The van der Waals surface area contributed by atoms with E-state index in [9.17, 15) is 0 Å². The molecule has 0 aromatic carbocycles. The van der Waals surface area contributed by atoms with Crippen molar-refractivity contribution in [1.82, 2.24) is 25.4 Å². The molecule has 1 aliphatic rings. The summed E-state index contributed by atoms with van der Waals surface area (Å²) in [5.41, 5.74) is 0.0101. The van der Waals surface area contributed by atoms with Gasteiger partial charge in [-0.05, 0) is 26.2 Å². The van der Waals surface area contributed by atoms with Gasteiger partial charge in [0, 0.05) is 38.7 Å². The average molecular weight is 450 g/mol. The first-order valence-electron chi connectivity index (χ1n) is 8.27. The molecule has 24 heavy (non-hydrogen) atoms. The van der Waals surface area contributed by atoms with Gasteiger partial charge in [-0.2, -0.15) is 0 Å². The zero-order valence-corrected chi connectivity index (χ0v) is 17.7. The van der Waals surface area contributed by atoms with E-state index in [1.54, 1.807) is 19.8 Å². The van der Waals surface area contributed by atoms with Gasteiger partial charge in [0.25, 0.3) is 0 Å². The standard InChI is InChI=1S/C16H30N6O.HI/c1-15(2)13(10-16(15,3)23-5)21-14(17-4)18-8-6-7-9-22-11-19-20-12-22;/h11-13H,6-10H2,1-5H3,(H2,17,18,21);1H. The largest absolute Gasteiger partial charge is 0.378 e. The lowest BCUT2D eigenvalue weighted by Gasteiger charge is -2.59. The number of unbranched alkanes of at least 4 members (excludes halogenated alkanes) is 1. The number of rotatable bonds is 7. The third-order valence-corrected chi connectivity index (χ3v) is 5.41. The quantitative estimate of drug-likeness (QED) is 0.288. The van der Waals surface area contributed by atoms with E-state index in [0.29, 0.717) is 6.04 Å². The summed E-state index contributed by atoms with van der Waals surface area (Å²) in [6, 6.07) is 0.371. The topological polar surface area (TPSA) is 76.4 Å². The van der Waals surface area contributed by atoms with Gasteiger partial charge < -0.3 is 19.9 Å². The van der Waals surface area contributed by atoms with Crippen molar-refractivity contribution < 1.29 is 4.74 Å². The zero-order chi connectivity index (χ0) is 16.9. The highest BCUT2D eigenvalue weighted by Gasteiger charge is 2.57. The Morgan fingerprint density at radius 1 is 1.29 bits per heavy atom. The van der Waals surface area contributed by atoms with Crippen molar-refractivity contribution in [2.45, 2.75) is 58.2 Å². The highest BCUT2D eigenvalue weighted by atomic mass is 127. The van der Waals surface area contributed by atoms with E-state index in [2.05, 4.69) is 46.6 Å². The molecule has 0 saturated heterocycles. The maximum atomic E-state index is 5.67. The number of aromatic nitrogens is 3. The van der Waals surface area contributed by atoms with Crippen LogP contribution in [0.4, 0.5) is 0 Å². The molecule has 1 aromatic heterocycles. The van der Waals surface area contributed by atoms with Gasteiger partial charge in [0.2, 0.25) is 0 Å². The molecule has 2 atom stereocenters. The van der Waals surface area contributed by atoms with Gasteiger partial charge in [0.15, 0.2) is 5.96 Å². The lowest BCUT2D eigenvalue weighted by atomic mass is 9.56. The number of aryl methyl sites for hydroxylation is 1. The molecule has 1 heterocycles. The Morgan fingerprint density at radius 3 is 2.50 bits per heavy atom. The number of methoxy groups -OCH3 is 1.